The molecule has 1 aromatic heterocycles. The summed E-state index contributed by atoms with van der Waals surface area (Å²) in [4.78, 5) is 12.2. The molecular formula is C20H14O3. The first kappa shape index (κ1) is 13.6. The van der Waals surface area contributed by atoms with Crippen molar-refractivity contribution in [1.82, 2.24) is 0 Å². The highest BCUT2D eigenvalue weighted by Crippen LogP contribution is 2.35. The summed E-state index contributed by atoms with van der Waals surface area (Å²) in [5.74, 6) is 0.618. The third-order valence-electron chi connectivity index (χ3n) is 3.82. The SMILES string of the molecule is O=C(COc1cccc2oc3ccccc3c12)c1ccccc1. The number of fused-ring (bicyclic) bond motifs is 3. The topological polar surface area (TPSA) is 39.4 Å². The van der Waals surface area contributed by atoms with E-state index in [1.54, 1.807) is 12.1 Å². The fourth-order valence-electron chi connectivity index (χ4n) is 2.71. The highest BCUT2D eigenvalue weighted by Gasteiger charge is 2.13. The summed E-state index contributed by atoms with van der Waals surface area (Å²) >= 11 is 0. The number of Topliss-reactive ketones (excluding diaryl/α,β-unsaturated/α-hetero) is 1. The molecule has 3 nitrogen and oxygen atoms in total. The van der Waals surface area contributed by atoms with Gasteiger partial charge in [0.1, 0.15) is 16.9 Å². The van der Waals surface area contributed by atoms with Gasteiger partial charge in [-0.05, 0) is 18.2 Å². The Bertz CT molecular complexity index is 984. The lowest BCUT2D eigenvalue weighted by atomic mass is 10.1. The Balaban J connectivity index is 1.68. The van der Waals surface area contributed by atoms with Crippen molar-refractivity contribution in [1.29, 1.82) is 0 Å². The summed E-state index contributed by atoms with van der Waals surface area (Å²) in [6.07, 6.45) is 0. The first-order chi connectivity index (χ1) is 11.3. The summed E-state index contributed by atoms with van der Waals surface area (Å²) in [5.41, 5.74) is 2.22. The number of rotatable bonds is 4. The second-order valence-corrected chi connectivity index (χ2v) is 5.31. The molecule has 0 saturated heterocycles. The second-order valence-electron chi connectivity index (χ2n) is 5.31. The van der Waals surface area contributed by atoms with E-state index in [0.717, 1.165) is 21.9 Å². The van der Waals surface area contributed by atoms with E-state index in [1.165, 1.54) is 0 Å². The lowest BCUT2D eigenvalue weighted by molar-refractivity contribution is 0.0922. The van der Waals surface area contributed by atoms with Crippen molar-refractivity contribution in [2.75, 3.05) is 6.61 Å². The van der Waals surface area contributed by atoms with Crippen LogP contribution >= 0.6 is 0 Å². The van der Waals surface area contributed by atoms with Gasteiger partial charge in [-0.15, -0.1) is 0 Å². The van der Waals surface area contributed by atoms with Crippen LogP contribution in [0.25, 0.3) is 21.9 Å². The number of carbonyl (C=O) groups is 1. The molecule has 0 spiro atoms. The van der Waals surface area contributed by atoms with Crippen molar-refractivity contribution in [3.8, 4) is 5.75 Å². The highest BCUT2D eigenvalue weighted by molar-refractivity contribution is 6.08. The Morgan fingerprint density at radius 2 is 1.57 bits per heavy atom. The molecule has 0 bridgehead atoms. The van der Waals surface area contributed by atoms with Crippen LogP contribution in [0.15, 0.2) is 77.2 Å². The predicted molar refractivity (Wildman–Crippen MR) is 90.0 cm³/mol. The van der Waals surface area contributed by atoms with Crippen molar-refractivity contribution in [2.45, 2.75) is 0 Å². The molecule has 23 heavy (non-hydrogen) atoms. The van der Waals surface area contributed by atoms with Crippen LogP contribution in [0, 0.1) is 0 Å². The van der Waals surface area contributed by atoms with Gasteiger partial charge in [0.05, 0.1) is 5.39 Å². The number of para-hydroxylation sites is 1. The van der Waals surface area contributed by atoms with Crippen molar-refractivity contribution in [3.63, 3.8) is 0 Å². The molecule has 0 aliphatic rings. The molecule has 3 aromatic carbocycles. The van der Waals surface area contributed by atoms with Gasteiger partial charge in [-0.2, -0.15) is 0 Å². The Morgan fingerprint density at radius 3 is 2.43 bits per heavy atom. The number of hydrogen-bond acceptors (Lipinski definition) is 3. The van der Waals surface area contributed by atoms with Crippen LogP contribution in [-0.4, -0.2) is 12.4 Å². The highest BCUT2D eigenvalue weighted by atomic mass is 16.5. The van der Waals surface area contributed by atoms with E-state index in [-0.39, 0.29) is 12.4 Å². The van der Waals surface area contributed by atoms with Gasteiger partial charge in [0.2, 0.25) is 0 Å². The predicted octanol–water partition coefficient (Wildman–Crippen LogP) is 4.85. The summed E-state index contributed by atoms with van der Waals surface area (Å²) < 4.78 is 11.6. The maximum absolute atomic E-state index is 12.2. The molecule has 112 valence electrons. The van der Waals surface area contributed by atoms with Gasteiger partial charge in [0, 0.05) is 10.9 Å². The third-order valence-corrected chi connectivity index (χ3v) is 3.82. The normalized spacial score (nSPS) is 11.0. The second kappa shape index (κ2) is 5.61. The number of benzene rings is 3. The van der Waals surface area contributed by atoms with E-state index in [1.807, 2.05) is 60.7 Å². The van der Waals surface area contributed by atoms with Crippen LogP contribution in [-0.2, 0) is 0 Å². The number of hydrogen-bond donors (Lipinski definition) is 0. The molecule has 4 aromatic rings. The zero-order valence-corrected chi connectivity index (χ0v) is 12.4. The first-order valence-electron chi connectivity index (χ1n) is 7.44. The summed E-state index contributed by atoms with van der Waals surface area (Å²) in [5, 5.41) is 1.90. The van der Waals surface area contributed by atoms with Crippen molar-refractivity contribution >= 4 is 27.7 Å². The van der Waals surface area contributed by atoms with Gasteiger partial charge >= 0.3 is 0 Å². The number of furan rings is 1. The van der Waals surface area contributed by atoms with Crippen LogP contribution in [0.3, 0.4) is 0 Å². The Labute approximate surface area is 133 Å². The zero-order chi connectivity index (χ0) is 15.6. The summed E-state index contributed by atoms with van der Waals surface area (Å²) in [7, 11) is 0. The molecule has 0 fully saturated rings. The van der Waals surface area contributed by atoms with Crippen LogP contribution in [0.5, 0.6) is 5.75 Å². The minimum Gasteiger partial charge on any atom is -0.485 e. The number of carbonyl (C=O) groups excluding carboxylic acids is 1. The largest absolute Gasteiger partial charge is 0.485 e. The lowest BCUT2D eigenvalue weighted by Gasteiger charge is -2.06. The third kappa shape index (κ3) is 2.46. The summed E-state index contributed by atoms with van der Waals surface area (Å²) in [6, 6.07) is 22.6. The maximum Gasteiger partial charge on any atom is 0.200 e. The van der Waals surface area contributed by atoms with Crippen LogP contribution < -0.4 is 4.74 Å². The molecule has 0 N–H and O–H groups in total. The van der Waals surface area contributed by atoms with E-state index >= 15 is 0 Å². The number of ether oxygens (including phenoxy) is 1. The Kier molecular flexibility index (Phi) is 3.31. The average Bonchev–Trinajstić information content (AvgIpc) is 2.99. The Hall–Kier alpha value is -3.07. The summed E-state index contributed by atoms with van der Waals surface area (Å²) in [6.45, 7) is 0.00261. The maximum atomic E-state index is 12.2. The monoisotopic (exact) mass is 302 g/mol. The van der Waals surface area contributed by atoms with Gasteiger partial charge < -0.3 is 9.15 Å². The van der Waals surface area contributed by atoms with Gasteiger partial charge in [0.15, 0.2) is 12.4 Å². The minimum atomic E-state index is -0.0459. The van der Waals surface area contributed by atoms with E-state index in [4.69, 9.17) is 9.15 Å². The molecule has 0 amide bonds. The van der Waals surface area contributed by atoms with Crippen molar-refractivity contribution in [2.24, 2.45) is 0 Å². The smallest absolute Gasteiger partial charge is 0.200 e. The molecule has 4 rings (SSSR count). The number of ketones is 1. The van der Waals surface area contributed by atoms with E-state index < -0.39 is 0 Å². The molecule has 0 aliphatic carbocycles. The van der Waals surface area contributed by atoms with Crippen LogP contribution in [0.2, 0.25) is 0 Å². The molecular weight excluding hydrogens is 288 g/mol. The van der Waals surface area contributed by atoms with Crippen LogP contribution in [0.4, 0.5) is 0 Å². The fourth-order valence-corrected chi connectivity index (χ4v) is 2.71. The lowest BCUT2D eigenvalue weighted by Crippen LogP contribution is -2.11. The average molecular weight is 302 g/mol. The minimum absolute atomic E-state index is 0.00261. The quantitative estimate of drug-likeness (QED) is 0.506. The standard InChI is InChI=1S/C20H14O3/c21-16(14-7-2-1-3-8-14)13-22-18-11-6-12-19-20(18)15-9-4-5-10-17(15)23-19/h1-12H,13H2. The van der Waals surface area contributed by atoms with Gasteiger partial charge in [-0.1, -0.05) is 54.6 Å². The fraction of sp³-hybridized carbons (Fsp3) is 0.0500. The molecule has 0 atom stereocenters. The molecule has 3 heteroatoms. The van der Waals surface area contributed by atoms with Crippen molar-refractivity contribution < 1.29 is 13.9 Å². The van der Waals surface area contributed by atoms with E-state index in [9.17, 15) is 4.79 Å². The van der Waals surface area contributed by atoms with Crippen LogP contribution in [0.1, 0.15) is 10.4 Å². The van der Waals surface area contributed by atoms with E-state index in [0.29, 0.717) is 11.3 Å². The van der Waals surface area contributed by atoms with E-state index in [2.05, 4.69) is 0 Å². The van der Waals surface area contributed by atoms with Gasteiger partial charge in [-0.3, -0.25) is 4.79 Å². The van der Waals surface area contributed by atoms with Gasteiger partial charge in [-0.25, -0.2) is 0 Å². The molecule has 0 saturated carbocycles. The zero-order valence-electron chi connectivity index (χ0n) is 12.4. The molecule has 0 aliphatic heterocycles. The Morgan fingerprint density at radius 1 is 0.826 bits per heavy atom. The van der Waals surface area contributed by atoms with Gasteiger partial charge in [0.25, 0.3) is 0 Å². The van der Waals surface area contributed by atoms with Crippen molar-refractivity contribution in [3.05, 3.63) is 78.4 Å². The molecule has 0 radical (unpaired) electrons. The molecule has 1 heterocycles. The first-order valence-corrected chi connectivity index (χ1v) is 7.44. The molecule has 0 unspecified atom stereocenters.